The van der Waals surface area contributed by atoms with Gasteiger partial charge in [-0.2, -0.15) is 0 Å². The molecule has 0 aliphatic carbocycles. The van der Waals surface area contributed by atoms with Crippen LogP contribution in [-0.4, -0.2) is 56.7 Å². The molecule has 7 nitrogen and oxygen atoms in total. The van der Waals surface area contributed by atoms with Gasteiger partial charge in [0.05, 0.1) is 12.6 Å². The molecule has 2 aliphatic rings. The fourth-order valence-corrected chi connectivity index (χ4v) is 5.08. The molecule has 2 aromatic heterocycles. The molecular weight excluding hydrogens is 415 g/mol. The Morgan fingerprint density at radius 2 is 2.10 bits per heavy atom. The molecular formula is C22H25FN6OS. The first-order chi connectivity index (χ1) is 15.1. The third-order valence-corrected chi connectivity index (χ3v) is 6.94. The number of halogens is 1. The van der Waals surface area contributed by atoms with Crippen LogP contribution in [0.3, 0.4) is 0 Å². The van der Waals surface area contributed by atoms with Crippen molar-refractivity contribution in [2.45, 2.75) is 32.6 Å². The second-order valence-corrected chi connectivity index (χ2v) is 9.21. The highest BCUT2D eigenvalue weighted by Gasteiger charge is 2.36. The molecule has 1 N–H and O–H groups in total. The highest BCUT2D eigenvalue weighted by Crippen LogP contribution is 2.29. The second-order valence-electron chi connectivity index (χ2n) is 8.18. The van der Waals surface area contributed by atoms with Crippen molar-refractivity contribution >= 4 is 17.2 Å². The number of rotatable bonds is 5. The van der Waals surface area contributed by atoms with Gasteiger partial charge in [-0.25, -0.2) is 4.39 Å². The van der Waals surface area contributed by atoms with Crippen molar-refractivity contribution in [3.63, 3.8) is 0 Å². The molecule has 1 saturated heterocycles. The van der Waals surface area contributed by atoms with Crippen molar-refractivity contribution in [3.05, 3.63) is 69.2 Å². The van der Waals surface area contributed by atoms with Gasteiger partial charge in [-0.15, -0.1) is 21.5 Å². The Morgan fingerprint density at radius 3 is 2.94 bits per heavy atom. The highest BCUT2D eigenvalue weighted by molar-refractivity contribution is 7.09. The van der Waals surface area contributed by atoms with E-state index in [2.05, 4.69) is 25.3 Å². The number of thiophene rings is 1. The van der Waals surface area contributed by atoms with E-state index in [1.807, 2.05) is 35.1 Å². The fraction of sp³-hybridized carbons (Fsp3) is 0.409. The van der Waals surface area contributed by atoms with Crippen LogP contribution in [0.4, 0.5) is 4.39 Å². The second kappa shape index (κ2) is 8.49. The molecule has 162 valence electrons. The van der Waals surface area contributed by atoms with Gasteiger partial charge in [0.2, 0.25) is 5.82 Å². The first-order valence-corrected chi connectivity index (χ1v) is 11.4. The summed E-state index contributed by atoms with van der Waals surface area (Å²) in [6.07, 6.45) is 0. The van der Waals surface area contributed by atoms with E-state index in [4.69, 9.17) is 0 Å². The molecule has 3 aromatic rings. The number of piperazine rings is 1. The van der Waals surface area contributed by atoms with Gasteiger partial charge in [-0.3, -0.25) is 14.6 Å². The van der Waals surface area contributed by atoms with Crippen LogP contribution in [0.15, 0.2) is 35.7 Å². The maximum atomic E-state index is 14.3. The molecule has 2 aliphatic heterocycles. The molecule has 1 atom stereocenters. The summed E-state index contributed by atoms with van der Waals surface area (Å²) in [5.41, 5.74) is 1.78. The van der Waals surface area contributed by atoms with Crippen LogP contribution in [-0.2, 0) is 19.6 Å². The van der Waals surface area contributed by atoms with E-state index < -0.39 is 0 Å². The van der Waals surface area contributed by atoms with Crippen molar-refractivity contribution in [1.29, 1.82) is 0 Å². The third-order valence-electron chi connectivity index (χ3n) is 6.07. The standard InChI is InChI=1S/C22H25FN6OS/c1-15-4-5-18(23)16(11-15)13-27-6-7-28-8-9-29-20(19(28)14-27)25-26-21(29)22(30)24-12-17-3-2-10-31-17/h2-5,10-11,19H,6-9,12-14H2,1H3,(H,24,30)/t19-/m1/s1. The van der Waals surface area contributed by atoms with Gasteiger partial charge in [0.1, 0.15) is 5.82 Å². The average molecular weight is 441 g/mol. The molecule has 5 rings (SSSR count). The van der Waals surface area contributed by atoms with Gasteiger partial charge in [-0.1, -0.05) is 23.8 Å². The van der Waals surface area contributed by atoms with Crippen molar-refractivity contribution in [1.82, 2.24) is 29.9 Å². The van der Waals surface area contributed by atoms with Crippen molar-refractivity contribution in [2.75, 3.05) is 26.2 Å². The normalized spacial score (nSPS) is 19.1. The summed E-state index contributed by atoms with van der Waals surface area (Å²) in [6, 6.07) is 9.28. The first kappa shape index (κ1) is 20.3. The number of nitrogens with one attached hydrogen (secondary N) is 1. The monoisotopic (exact) mass is 440 g/mol. The third kappa shape index (κ3) is 4.13. The predicted octanol–water partition coefficient (Wildman–Crippen LogP) is 2.59. The molecule has 4 heterocycles. The lowest BCUT2D eigenvalue weighted by Gasteiger charge is -2.43. The maximum Gasteiger partial charge on any atom is 0.289 e. The number of benzene rings is 1. The van der Waals surface area contributed by atoms with E-state index in [1.165, 1.54) is 0 Å². The average Bonchev–Trinajstić information content (AvgIpc) is 3.44. The molecule has 0 radical (unpaired) electrons. The predicted molar refractivity (Wildman–Crippen MR) is 116 cm³/mol. The van der Waals surface area contributed by atoms with Crippen molar-refractivity contribution in [2.24, 2.45) is 0 Å². The van der Waals surface area contributed by atoms with Gasteiger partial charge < -0.3 is 9.88 Å². The number of hydrogen-bond donors (Lipinski definition) is 1. The Balaban J connectivity index is 1.30. The van der Waals surface area contributed by atoms with Gasteiger partial charge in [-0.05, 0) is 24.4 Å². The number of carbonyl (C=O) groups excluding carboxylic acids is 1. The van der Waals surface area contributed by atoms with E-state index in [-0.39, 0.29) is 17.8 Å². The molecule has 0 spiro atoms. The van der Waals surface area contributed by atoms with Gasteiger partial charge >= 0.3 is 0 Å². The Bertz CT molecular complexity index is 1080. The van der Waals surface area contributed by atoms with Gasteiger partial charge in [0.15, 0.2) is 5.82 Å². The van der Waals surface area contributed by atoms with Crippen LogP contribution in [0.25, 0.3) is 0 Å². The topological polar surface area (TPSA) is 66.3 Å². The molecule has 0 bridgehead atoms. The summed E-state index contributed by atoms with van der Waals surface area (Å²) in [6.45, 7) is 7.11. The molecule has 1 aromatic carbocycles. The summed E-state index contributed by atoms with van der Waals surface area (Å²) in [5, 5.41) is 13.6. The highest BCUT2D eigenvalue weighted by atomic mass is 32.1. The summed E-state index contributed by atoms with van der Waals surface area (Å²) < 4.78 is 16.2. The van der Waals surface area contributed by atoms with E-state index in [9.17, 15) is 9.18 Å². The Labute approximate surface area is 184 Å². The lowest BCUT2D eigenvalue weighted by Crippen LogP contribution is -2.52. The lowest BCUT2D eigenvalue weighted by molar-refractivity contribution is 0.0453. The largest absolute Gasteiger partial charge is 0.344 e. The minimum atomic E-state index is -0.199. The van der Waals surface area contributed by atoms with Crippen molar-refractivity contribution in [3.8, 4) is 0 Å². The number of aryl methyl sites for hydroxylation is 1. The van der Waals surface area contributed by atoms with Crippen LogP contribution < -0.4 is 5.32 Å². The maximum absolute atomic E-state index is 14.3. The number of aromatic nitrogens is 3. The smallest absolute Gasteiger partial charge is 0.289 e. The van der Waals surface area contributed by atoms with Crippen LogP contribution >= 0.6 is 11.3 Å². The Hall–Kier alpha value is -2.62. The minimum Gasteiger partial charge on any atom is -0.344 e. The van der Waals surface area contributed by atoms with Crippen LogP contribution in [0, 0.1) is 12.7 Å². The zero-order chi connectivity index (χ0) is 21.4. The SMILES string of the molecule is Cc1ccc(F)c(CN2CCN3CCn4c(C(=O)NCc5cccs5)nnc4[C@H]3C2)c1. The van der Waals surface area contributed by atoms with Crippen LogP contribution in [0.1, 0.15) is 38.5 Å². The van der Waals surface area contributed by atoms with E-state index in [1.54, 1.807) is 23.5 Å². The van der Waals surface area contributed by atoms with E-state index in [0.29, 0.717) is 25.5 Å². The van der Waals surface area contributed by atoms with E-state index in [0.717, 1.165) is 48.0 Å². The summed E-state index contributed by atoms with van der Waals surface area (Å²) in [5.74, 6) is 0.828. The van der Waals surface area contributed by atoms with Crippen LogP contribution in [0.5, 0.6) is 0 Å². The Morgan fingerprint density at radius 1 is 1.23 bits per heavy atom. The summed E-state index contributed by atoms with van der Waals surface area (Å²) in [4.78, 5) is 18.5. The molecule has 0 unspecified atom stereocenters. The lowest BCUT2D eigenvalue weighted by atomic mass is 10.1. The van der Waals surface area contributed by atoms with Gasteiger partial charge in [0.25, 0.3) is 5.91 Å². The van der Waals surface area contributed by atoms with Crippen molar-refractivity contribution < 1.29 is 9.18 Å². The zero-order valence-corrected chi connectivity index (χ0v) is 18.2. The molecule has 9 heteroatoms. The number of hydrogen-bond acceptors (Lipinski definition) is 6. The molecule has 1 amide bonds. The summed E-state index contributed by atoms with van der Waals surface area (Å²) >= 11 is 1.61. The number of fused-ring (bicyclic) bond motifs is 3. The molecule has 1 fully saturated rings. The fourth-order valence-electron chi connectivity index (χ4n) is 4.44. The first-order valence-electron chi connectivity index (χ1n) is 10.5. The number of nitrogens with zero attached hydrogens (tertiary/aromatic N) is 5. The Kier molecular flexibility index (Phi) is 5.56. The van der Waals surface area contributed by atoms with Gasteiger partial charge in [0, 0.05) is 49.7 Å². The number of amides is 1. The molecule has 0 saturated carbocycles. The quantitative estimate of drug-likeness (QED) is 0.661. The minimum absolute atomic E-state index is 0.0571. The zero-order valence-electron chi connectivity index (χ0n) is 17.4. The van der Waals surface area contributed by atoms with E-state index >= 15 is 0 Å². The number of carbonyl (C=O) groups is 1. The molecule has 31 heavy (non-hydrogen) atoms. The van der Waals surface area contributed by atoms with Crippen LogP contribution in [0.2, 0.25) is 0 Å². The summed E-state index contributed by atoms with van der Waals surface area (Å²) in [7, 11) is 0.